The molecule has 5 atom stereocenters. The van der Waals surface area contributed by atoms with Crippen molar-refractivity contribution in [2.45, 2.75) is 18.9 Å². The van der Waals surface area contributed by atoms with Gasteiger partial charge in [-0.3, -0.25) is 19.3 Å². The van der Waals surface area contributed by atoms with Crippen molar-refractivity contribution in [1.82, 2.24) is 4.90 Å². The second-order valence-electron chi connectivity index (χ2n) is 8.81. The molecule has 1 heterocycles. The van der Waals surface area contributed by atoms with E-state index in [0.717, 1.165) is 12.0 Å². The number of benzene rings is 2. The Kier molecular flexibility index (Phi) is 5.32. The number of amides is 3. The molecule has 3 aliphatic rings. The lowest BCUT2D eigenvalue weighted by Crippen LogP contribution is -2.49. The fourth-order valence-corrected chi connectivity index (χ4v) is 5.40. The zero-order chi connectivity index (χ0) is 23.1. The Balaban J connectivity index is 1.41. The number of methoxy groups -OCH3 is 1. The first-order valence-corrected chi connectivity index (χ1v) is 11.1. The highest BCUT2D eigenvalue weighted by atomic mass is 16.5. The molecule has 1 saturated heterocycles. The molecule has 0 radical (unpaired) electrons. The number of imide groups is 1. The van der Waals surface area contributed by atoms with Crippen molar-refractivity contribution >= 4 is 29.4 Å². The van der Waals surface area contributed by atoms with Gasteiger partial charge in [-0.15, -0.1) is 0 Å². The highest BCUT2D eigenvalue weighted by molar-refractivity contribution is 6.11. The van der Waals surface area contributed by atoms with Gasteiger partial charge >= 0.3 is 5.97 Å². The molecular formula is C26H24N2O5. The van der Waals surface area contributed by atoms with Crippen LogP contribution in [-0.4, -0.2) is 41.7 Å². The first kappa shape index (κ1) is 21.1. The number of allylic oxidation sites excluding steroid dienone is 2. The molecule has 0 aromatic heterocycles. The Labute approximate surface area is 191 Å². The summed E-state index contributed by atoms with van der Waals surface area (Å²) in [4.78, 5) is 53.0. The zero-order valence-electron chi connectivity index (χ0n) is 18.1. The number of ether oxygens (including phenoxy) is 1. The van der Waals surface area contributed by atoms with E-state index in [1.54, 1.807) is 24.3 Å². The van der Waals surface area contributed by atoms with Gasteiger partial charge in [-0.25, -0.2) is 4.79 Å². The number of anilines is 1. The van der Waals surface area contributed by atoms with Gasteiger partial charge in [0.2, 0.25) is 17.7 Å². The maximum Gasteiger partial charge on any atom is 0.337 e. The molecule has 2 bridgehead atoms. The molecule has 1 aliphatic heterocycles. The van der Waals surface area contributed by atoms with E-state index in [1.165, 1.54) is 12.0 Å². The summed E-state index contributed by atoms with van der Waals surface area (Å²) in [6.45, 7) is 0. The van der Waals surface area contributed by atoms with E-state index < -0.39 is 17.9 Å². The van der Waals surface area contributed by atoms with Crippen molar-refractivity contribution in [3.05, 3.63) is 77.9 Å². The van der Waals surface area contributed by atoms with Gasteiger partial charge in [0.05, 0.1) is 24.5 Å². The SMILES string of the molecule is COC(=O)c1ccc(NC(=O)C(Cc2ccccc2)N2C(=O)C3C4C=CC(C4)C3C2=O)cc1. The first-order valence-electron chi connectivity index (χ1n) is 11.1. The molecule has 0 spiro atoms. The summed E-state index contributed by atoms with van der Waals surface area (Å²) in [7, 11) is 1.30. The Bertz CT molecular complexity index is 1110. The number of carbonyl (C=O) groups excluding carboxylic acids is 4. The molecule has 3 amide bonds. The number of hydrogen-bond donors (Lipinski definition) is 1. The lowest BCUT2D eigenvalue weighted by molar-refractivity contribution is -0.147. The van der Waals surface area contributed by atoms with Crippen LogP contribution < -0.4 is 5.32 Å². The van der Waals surface area contributed by atoms with Gasteiger partial charge in [-0.1, -0.05) is 42.5 Å². The van der Waals surface area contributed by atoms with Crippen molar-refractivity contribution < 1.29 is 23.9 Å². The molecule has 5 rings (SSSR count). The number of carbonyl (C=O) groups is 4. The topological polar surface area (TPSA) is 92.8 Å². The summed E-state index contributed by atoms with van der Waals surface area (Å²) in [5.74, 6) is -1.99. The Morgan fingerprint density at radius 1 is 0.970 bits per heavy atom. The maximum absolute atomic E-state index is 13.4. The third-order valence-electron chi connectivity index (χ3n) is 6.96. The Morgan fingerprint density at radius 2 is 1.58 bits per heavy atom. The Hall–Kier alpha value is -3.74. The van der Waals surface area contributed by atoms with Crippen LogP contribution in [0.3, 0.4) is 0 Å². The number of fused-ring (bicyclic) bond motifs is 5. The smallest absolute Gasteiger partial charge is 0.337 e. The van der Waals surface area contributed by atoms with Crippen LogP contribution in [0.1, 0.15) is 22.3 Å². The number of nitrogens with zero attached hydrogens (tertiary/aromatic N) is 1. The summed E-state index contributed by atoms with van der Waals surface area (Å²) in [5.41, 5.74) is 1.68. The van der Waals surface area contributed by atoms with E-state index in [-0.39, 0.29) is 41.9 Å². The molecule has 2 aliphatic carbocycles. The summed E-state index contributed by atoms with van der Waals surface area (Å²) in [6, 6.07) is 14.7. The third kappa shape index (κ3) is 3.63. The van der Waals surface area contributed by atoms with Gasteiger partial charge in [0.25, 0.3) is 0 Å². The van der Waals surface area contributed by atoms with Crippen molar-refractivity contribution in [1.29, 1.82) is 0 Å². The van der Waals surface area contributed by atoms with Crippen molar-refractivity contribution in [2.75, 3.05) is 12.4 Å². The molecular weight excluding hydrogens is 420 g/mol. The van der Waals surface area contributed by atoms with Crippen LogP contribution in [0, 0.1) is 23.7 Å². The van der Waals surface area contributed by atoms with Crippen LogP contribution >= 0.6 is 0 Å². The first-order chi connectivity index (χ1) is 16.0. The normalized spacial score (nSPS) is 25.8. The predicted octanol–water partition coefficient (Wildman–Crippen LogP) is 2.83. The molecule has 1 saturated carbocycles. The van der Waals surface area contributed by atoms with Crippen LogP contribution in [0.2, 0.25) is 0 Å². The van der Waals surface area contributed by atoms with E-state index in [0.29, 0.717) is 11.3 Å². The number of hydrogen-bond acceptors (Lipinski definition) is 5. The summed E-state index contributed by atoms with van der Waals surface area (Å²) in [5, 5.41) is 2.82. The second kappa shape index (κ2) is 8.31. The number of nitrogens with one attached hydrogen (secondary N) is 1. The van der Waals surface area contributed by atoms with Gasteiger partial charge < -0.3 is 10.1 Å². The summed E-state index contributed by atoms with van der Waals surface area (Å²) in [6.07, 6.45) is 5.14. The highest BCUT2D eigenvalue weighted by Gasteiger charge is 2.61. The molecule has 33 heavy (non-hydrogen) atoms. The lowest BCUT2D eigenvalue weighted by Gasteiger charge is -2.27. The van der Waals surface area contributed by atoms with Gasteiger partial charge in [-0.2, -0.15) is 0 Å². The molecule has 7 nitrogen and oxygen atoms in total. The molecule has 2 aromatic carbocycles. The predicted molar refractivity (Wildman–Crippen MR) is 120 cm³/mol. The lowest BCUT2D eigenvalue weighted by atomic mass is 9.85. The van der Waals surface area contributed by atoms with E-state index in [2.05, 4.69) is 5.32 Å². The quantitative estimate of drug-likeness (QED) is 0.420. The van der Waals surface area contributed by atoms with E-state index in [9.17, 15) is 19.2 Å². The fraction of sp³-hybridized carbons (Fsp3) is 0.308. The highest BCUT2D eigenvalue weighted by Crippen LogP contribution is 2.53. The van der Waals surface area contributed by atoms with Crippen LogP contribution in [-0.2, 0) is 25.5 Å². The average Bonchev–Trinajstić information content (AvgIpc) is 3.52. The summed E-state index contributed by atoms with van der Waals surface area (Å²) >= 11 is 0. The number of rotatable bonds is 6. The van der Waals surface area contributed by atoms with Gasteiger partial charge in [0.1, 0.15) is 6.04 Å². The molecule has 2 aromatic rings. The molecule has 5 unspecified atom stereocenters. The van der Waals surface area contributed by atoms with Crippen molar-refractivity contribution in [3.63, 3.8) is 0 Å². The minimum Gasteiger partial charge on any atom is -0.465 e. The minimum atomic E-state index is -0.960. The molecule has 1 N–H and O–H groups in total. The van der Waals surface area contributed by atoms with Crippen molar-refractivity contribution in [3.8, 4) is 0 Å². The molecule has 7 heteroatoms. The van der Waals surface area contributed by atoms with Crippen LogP contribution in [0.25, 0.3) is 0 Å². The number of esters is 1. The minimum absolute atomic E-state index is 0.0766. The van der Waals surface area contributed by atoms with Gasteiger partial charge in [-0.05, 0) is 48.1 Å². The third-order valence-corrected chi connectivity index (χ3v) is 6.96. The molecule has 2 fully saturated rings. The van der Waals surface area contributed by atoms with Crippen LogP contribution in [0.4, 0.5) is 5.69 Å². The average molecular weight is 444 g/mol. The zero-order valence-corrected chi connectivity index (χ0v) is 18.1. The van der Waals surface area contributed by atoms with Crippen molar-refractivity contribution in [2.24, 2.45) is 23.7 Å². The van der Waals surface area contributed by atoms with Gasteiger partial charge in [0.15, 0.2) is 0 Å². The monoisotopic (exact) mass is 444 g/mol. The maximum atomic E-state index is 13.4. The number of likely N-dealkylation sites (tertiary alicyclic amines) is 1. The molecule has 168 valence electrons. The van der Waals surface area contributed by atoms with E-state index in [4.69, 9.17) is 4.74 Å². The Morgan fingerprint density at radius 3 is 2.15 bits per heavy atom. The van der Waals surface area contributed by atoms with E-state index in [1.807, 2.05) is 42.5 Å². The summed E-state index contributed by atoms with van der Waals surface area (Å²) < 4.78 is 4.70. The van der Waals surface area contributed by atoms with E-state index >= 15 is 0 Å². The van der Waals surface area contributed by atoms with Crippen LogP contribution in [0.15, 0.2) is 66.7 Å². The van der Waals surface area contributed by atoms with Gasteiger partial charge in [0, 0.05) is 12.1 Å². The standard InChI is InChI=1S/C26H24N2O5/c1-33-26(32)16-9-11-19(12-10-16)27-23(29)20(13-15-5-3-2-4-6-15)28-24(30)21-17-7-8-18(14-17)22(21)25(28)31/h2-12,17-18,20-22H,13-14H2,1H3,(H,27,29). The second-order valence-corrected chi connectivity index (χ2v) is 8.81. The fourth-order valence-electron chi connectivity index (χ4n) is 5.40. The largest absolute Gasteiger partial charge is 0.465 e. The van der Waals surface area contributed by atoms with Crippen LogP contribution in [0.5, 0.6) is 0 Å².